The van der Waals surface area contributed by atoms with E-state index in [1.807, 2.05) is 31.2 Å². The summed E-state index contributed by atoms with van der Waals surface area (Å²) in [6, 6.07) is 12.5. The molecule has 32 heavy (non-hydrogen) atoms. The minimum absolute atomic E-state index is 0.0147. The fourth-order valence-electron chi connectivity index (χ4n) is 4.55. The van der Waals surface area contributed by atoms with Crippen molar-refractivity contribution in [2.24, 2.45) is 5.92 Å². The summed E-state index contributed by atoms with van der Waals surface area (Å²) in [7, 11) is 1.58. The van der Waals surface area contributed by atoms with E-state index < -0.39 is 18.3 Å². The molecular weight excluding hydrogens is 474 g/mol. The van der Waals surface area contributed by atoms with Crippen LogP contribution in [0.2, 0.25) is 0 Å². The van der Waals surface area contributed by atoms with E-state index in [-0.39, 0.29) is 11.8 Å². The zero-order valence-corrected chi connectivity index (χ0v) is 19.9. The van der Waals surface area contributed by atoms with Crippen LogP contribution in [0, 0.1) is 5.92 Å². The highest BCUT2D eigenvalue weighted by Gasteiger charge is 2.41. The molecule has 3 atom stereocenters. The Morgan fingerprint density at radius 1 is 1.16 bits per heavy atom. The van der Waals surface area contributed by atoms with E-state index in [1.54, 1.807) is 25.3 Å². The van der Waals surface area contributed by atoms with Gasteiger partial charge < -0.3 is 19.5 Å². The zero-order valence-electron chi connectivity index (χ0n) is 18.3. The molecule has 0 spiro atoms. The predicted octanol–water partition coefficient (Wildman–Crippen LogP) is 5.84. The maximum Gasteiger partial charge on any atom is 0.408 e. The number of rotatable bonds is 5. The molecule has 1 aliphatic carbocycles. The number of amides is 1. The number of benzene rings is 2. The third-order valence-electron chi connectivity index (χ3n) is 6.35. The molecule has 1 N–H and O–H groups in total. The van der Waals surface area contributed by atoms with E-state index in [9.17, 15) is 9.59 Å². The largest absolute Gasteiger partial charge is 0.497 e. The first-order valence-corrected chi connectivity index (χ1v) is 11.9. The lowest BCUT2D eigenvalue weighted by atomic mass is 9.85. The molecule has 0 saturated heterocycles. The Hall–Kier alpha value is -2.54. The molecule has 1 amide bonds. The lowest BCUT2D eigenvalue weighted by Crippen LogP contribution is -2.45. The predicted molar refractivity (Wildman–Crippen MR) is 124 cm³/mol. The number of carbonyl (C=O) groups excluding carboxylic acids is 2. The second-order valence-electron chi connectivity index (χ2n) is 8.48. The topological polar surface area (TPSA) is 73.9 Å². The van der Waals surface area contributed by atoms with Gasteiger partial charge in [-0.2, -0.15) is 0 Å². The maximum atomic E-state index is 13.4. The molecule has 2 aromatic rings. The monoisotopic (exact) mass is 501 g/mol. The number of alkyl carbamates (subject to hydrolysis) is 1. The summed E-state index contributed by atoms with van der Waals surface area (Å²) in [6.07, 6.45) is 3.33. The van der Waals surface area contributed by atoms with Gasteiger partial charge >= 0.3 is 6.09 Å². The first-order chi connectivity index (χ1) is 15.5. The van der Waals surface area contributed by atoms with Gasteiger partial charge in [0.25, 0.3) is 0 Å². The van der Waals surface area contributed by atoms with Crippen LogP contribution >= 0.6 is 15.9 Å². The van der Waals surface area contributed by atoms with Crippen LogP contribution in [-0.4, -0.2) is 31.1 Å². The number of nitrogens with one attached hydrogen (secondary N) is 1. The maximum absolute atomic E-state index is 13.4. The van der Waals surface area contributed by atoms with E-state index in [0.29, 0.717) is 28.5 Å². The van der Waals surface area contributed by atoms with E-state index in [1.165, 1.54) is 19.3 Å². The minimum atomic E-state index is -1.11. The van der Waals surface area contributed by atoms with Gasteiger partial charge in [-0.25, -0.2) is 4.79 Å². The van der Waals surface area contributed by atoms with Crippen molar-refractivity contribution in [1.29, 1.82) is 0 Å². The van der Waals surface area contributed by atoms with Crippen molar-refractivity contribution < 1.29 is 23.8 Å². The first kappa shape index (κ1) is 22.6. The van der Waals surface area contributed by atoms with Crippen LogP contribution in [0.5, 0.6) is 11.5 Å². The number of hydrogen-bond acceptors (Lipinski definition) is 5. The molecule has 0 bridgehead atoms. The Morgan fingerprint density at radius 2 is 1.94 bits per heavy atom. The van der Waals surface area contributed by atoms with Crippen molar-refractivity contribution in [2.75, 3.05) is 7.11 Å². The van der Waals surface area contributed by atoms with Crippen LogP contribution in [0.1, 0.15) is 61.1 Å². The van der Waals surface area contributed by atoms with Crippen LogP contribution in [0.3, 0.4) is 0 Å². The van der Waals surface area contributed by atoms with E-state index >= 15 is 0 Å². The van der Waals surface area contributed by atoms with Crippen molar-refractivity contribution in [1.82, 2.24) is 5.32 Å². The van der Waals surface area contributed by atoms with Crippen LogP contribution in [-0.2, 0) is 4.74 Å². The number of Topliss-reactive ketones (excluding diaryl/α,β-unsaturated/α-hetero) is 1. The number of ether oxygens (including phenoxy) is 3. The fraction of sp³-hybridized carbons (Fsp3) is 0.440. The smallest absolute Gasteiger partial charge is 0.408 e. The molecule has 2 aromatic carbocycles. The number of halogens is 1. The second kappa shape index (κ2) is 9.94. The Labute approximate surface area is 196 Å². The van der Waals surface area contributed by atoms with Crippen LogP contribution < -0.4 is 14.8 Å². The number of fused-ring (bicyclic) bond motifs is 1. The van der Waals surface area contributed by atoms with E-state index in [0.717, 1.165) is 17.3 Å². The summed E-state index contributed by atoms with van der Waals surface area (Å²) in [5.41, 5.74) is 1.08. The third kappa shape index (κ3) is 4.93. The number of methoxy groups -OCH3 is 1. The molecule has 1 saturated carbocycles. The van der Waals surface area contributed by atoms with Gasteiger partial charge in [0.05, 0.1) is 12.7 Å². The molecule has 2 aliphatic rings. The summed E-state index contributed by atoms with van der Waals surface area (Å²) in [5.74, 6) is 1.23. The van der Waals surface area contributed by atoms with Gasteiger partial charge in [-0.05, 0) is 56.0 Å². The molecule has 0 radical (unpaired) electrons. The first-order valence-electron chi connectivity index (χ1n) is 11.1. The van der Waals surface area contributed by atoms with Crippen molar-refractivity contribution in [3.8, 4) is 11.5 Å². The number of hydrogen-bond donors (Lipinski definition) is 1. The minimum Gasteiger partial charge on any atom is -0.497 e. The Balaban J connectivity index is 1.58. The van der Waals surface area contributed by atoms with Gasteiger partial charge in [-0.1, -0.05) is 47.3 Å². The highest BCUT2D eigenvalue weighted by Crippen LogP contribution is 2.38. The lowest BCUT2D eigenvalue weighted by Gasteiger charge is -2.33. The standard InChI is InChI=1S/C25H28BrNO5/c1-15(16-7-4-3-5-8-16)27-25(29)32-24-22(28)20-14-18(26)11-12-21(20)31-23(24)17-9-6-10-19(13-17)30-2/h6,9-16,23-24H,3-5,7-8H2,1-2H3,(H,27,29)/t15-,23+,24+/m1/s1. The Kier molecular flexibility index (Phi) is 7.04. The Bertz CT molecular complexity index is 988. The lowest BCUT2D eigenvalue weighted by molar-refractivity contribution is 0.00756. The molecule has 4 rings (SSSR count). The van der Waals surface area contributed by atoms with Crippen LogP contribution in [0.4, 0.5) is 4.79 Å². The molecule has 7 heteroatoms. The summed E-state index contributed by atoms with van der Waals surface area (Å²) in [6.45, 7) is 2.00. The fourth-order valence-corrected chi connectivity index (χ4v) is 4.91. The highest BCUT2D eigenvalue weighted by atomic mass is 79.9. The summed E-state index contributed by atoms with van der Waals surface area (Å²) in [4.78, 5) is 26.2. The number of carbonyl (C=O) groups is 2. The van der Waals surface area contributed by atoms with Gasteiger partial charge in [0.15, 0.2) is 6.10 Å². The summed E-state index contributed by atoms with van der Waals surface area (Å²) >= 11 is 3.40. The molecule has 0 unspecified atom stereocenters. The van der Waals surface area contributed by atoms with Crippen LogP contribution in [0.25, 0.3) is 0 Å². The SMILES string of the molecule is COc1cccc([C@@H]2Oc3ccc(Br)cc3C(=O)[C@@H]2OC(=O)N[C@H](C)C2CCCCC2)c1. The normalized spacial score (nSPS) is 21.8. The quantitative estimate of drug-likeness (QED) is 0.557. The van der Waals surface area contributed by atoms with Crippen LogP contribution in [0.15, 0.2) is 46.9 Å². The van der Waals surface area contributed by atoms with Crippen molar-refractivity contribution >= 4 is 27.8 Å². The van der Waals surface area contributed by atoms with Crippen molar-refractivity contribution in [2.45, 2.75) is 57.3 Å². The van der Waals surface area contributed by atoms with Gasteiger partial charge in [0, 0.05) is 16.1 Å². The van der Waals surface area contributed by atoms with Crippen molar-refractivity contribution in [3.05, 3.63) is 58.1 Å². The van der Waals surface area contributed by atoms with Crippen molar-refractivity contribution in [3.63, 3.8) is 0 Å². The van der Waals surface area contributed by atoms with E-state index in [2.05, 4.69) is 21.2 Å². The average Bonchev–Trinajstić information content (AvgIpc) is 2.81. The molecule has 1 heterocycles. The van der Waals surface area contributed by atoms with Gasteiger partial charge in [-0.3, -0.25) is 4.79 Å². The second-order valence-corrected chi connectivity index (χ2v) is 9.39. The molecule has 170 valence electrons. The molecule has 6 nitrogen and oxygen atoms in total. The van der Waals surface area contributed by atoms with Gasteiger partial charge in [-0.15, -0.1) is 0 Å². The zero-order chi connectivity index (χ0) is 22.7. The summed E-state index contributed by atoms with van der Waals surface area (Å²) in [5, 5.41) is 2.94. The van der Waals surface area contributed by atoms with Gasteiger partial charge in [0.1, 0.15) is 11.5 Å². The molecular formula is C25H28BrNO5. The molecule has 1 aliphatic heterocycles. The number of ketones is 1. The highest BCUT2D eigenvalue weighted by molar-refractivity contribution is 9.10. The van der Waals surface area contributed by atoms with Gasteiger partial charge in [0.2, 0.25) is 11.9 Å². The van der Waals surface area contributed by atoms with E-state index in [4.69, 9.17) is 14.2 Å². The average molecular weight is 502 g/mol. The Morgan fingerprint density at radius 3 is 2.69 bits per heavy atom. The molecule has 0 aromatic heterocycles. The summed E-state index contributed by atoms with van der Waals surface area (Å²) < 4.78 is 18.0. The third-order valence-corrected chi connectivity index (χ3v) is 6.85. The molecule has 1 fully saturated rings.